The topological polar surface area (TPSA) is 350 Å². The molecule has 27 heteroatoms. The zero-order valence-electron chi connectivity index (χ0n) is 41.6. The molecule has 1 aliphatic carbocycles. The van der Waals surface area contributed by atoms with Crippen LogP contribution in [0.3, 0.4) is 0 Å². The second-order valence-corrected chi connectivity index (χ2v) is 17.3. The number of rotatable bonds is 29. The van der Waals surface area contributed by atoms with Crippen LogP contribution in [0.4, 0.5) is 4.79 Å². The number of carbonyl (C=O) groups is 6. The smallest absolute Gasteiger partial charge is 0.407 e. The second-order valence-electron chi connectivity index (χ2n) is 17.3. The molecule has 4 aromatic rings. The van der Waals surface area contributed by atoms with Crippen LogP contribution in [0, 0.1) is 5.41 Å². The van der Waals surface area contributed by atoms with Gasteiger partial charge >= 0.3 is 6.09 Å². The summed E-state index contributed by atoms with van der Waals surface area (Å²) in [6, 6.07) is 15.4. The van der Waals surface area contributed by atoms with Gasteiger partial charge < -0.3 is 46.1 Å². The molecule has 0 fully saturated rings. The van der Waals surface area contributed by atoms with Crippen molar-refractivity contribution in [2.45, 2.75) is 89.8 Å². The van der Waals surface area contributed by atoms with Gasteiger partial charge in [-0.25, -0.2) is 4.79 Å². The maximum absolute atomic E-state index is 14.1. The van der Waals surface area contributed by atoms with Crippen LogP contribution >= 0.6 is 0 Å². The fraction of sp³-hybridized carbons (Fsp3) is 0.468. The molecule has 0 bridgehead atoms. The van der Waals surface area contributed by atoms with E-state index in [9.17, 15) is 28.8 Å². The summed E-state index contributed by atoms with van der Waals surface area (Å²) in [6.45, 7) is 6.67. The van der Waals surface area contributed by atoms with Crippen LogP contribution in [0.15, 0.2) is 94.9 Å². The van der Waals surface area contributed by atoms with Crippen LogP contribution in [-0.4, -0.2) is 152 Å². The van der Waals surface area contributed by atoms with E-state index in [1.807, 2.05) is 24.3 Å². The lowest BCUT2D eigenvalue weighted by molar-refractivity contribution is -0.130. The Labute approximate surface area is 426 Å². The molecule has 0 saturated carbocycles. The molecule has 2 heterocycles. The zero-order valence-corrected chi connectivity index (χ0v) is 41.6. The standard InChI is InChI=1S/C47H64N18O9/c1-47(2,3)74-46(71)52-28-30-73-32-31-72-29-27-51-41(66)36(23-13-15-25-49-43(68)38(48)56-61-55-33-17-7-4-8-18-33)53-42(67)37(54-45(70)40-58-63-65(60-40)35-21-11-6-12-22-35)24-14-16-26-50-44(69)39-57-62-64(59-39)34-19-9-5-10-20-34/h4-7,9-12,17,19-22,36-37H,8,13-16,18,23-32H2,1-3H3,(H,49,68)(H,50,69)(H,51,66)(H,52,71)(H,53,67)(H,54,70)(H2,48,55,56)/t36-,37-/m0/s1. The van der Waals surface area contributed by atoms with Crippen LogP contribution in [-0.2, 0) is 28.6 Å². The van der Waals surface area contributed by atoms with Crippen LogP contribution < -0.4 is 37.3 Å². The third-order valence-electron chi connectivity index (χ3n) is 10.3. The van der Waals surface area contributed by atoms with E-state index in [2.05, 4.69) is 78.5 Å². The monoisotopic (exact) mass is 1020 g/mol. The van der Waals surface area contributed by atoms with Crippen LogP contribution in [0.25, 0.3) is 11.4 Å². The first-order valence-corrected chi connectivity index (χ1v) is 24.2. The van der Waals surface area contributed by atoms with E-state index in [1.54, 1.807) is 75.4 Å². The minimum Gasteiger partial charge on any atom is -0.444 e. The van der Waals surface area contributed by atoms with Crippen molar-refractivity contribution in [2.24, 2.45) is 10.3 Å². The van der Waals surface area contributed by atoms with Crippen molar-refractivity contribution in [2.75, 3.05) is 52.6 Å². The lowest BCUT2D eigenvalue weighted by Crippen LogP contribution is -2.54. The number of allylic oxidation sites excluding steroid dienone is 4. The van der Waals surface area contributed by atoms with Crippen molar-refractivity contribution in [1.82, 2.24) is 77.7 Å². The Balaban J connectivity index is 1.16. The van der Waals surface area contributed by atoms with Gasteiger partial charge in [0, 0.05) is 31.9 Å². The van der Waals surface area contributed by atoms with Gasteiger partial charge in [0.1, 0.15) is 17.7 Å². The van der Waals surface area contributed by atoms with Gasteiger partial charge in [0.15, 0.2) is 0 Å². The molecule has 74 heavy (non-hydrogen) atoms. The molecule has 0 aliphatic heterocycles. The molecule has 0 saturated heterocycles. The molecule has 2 atom stereocenters. The van der Waals surface area contributed by atoms with E-state index in [0.717, 1.165) is 18.5 Å². The van der Waals surface area contributed by atoms with Crippen LogP contribution in [0.5, 0.6) is 0 Å². The van der Waals surface area contributed by atoms with Crippen molar-refractivity contribution in [3.05, 3.63) is 96.2 Å². The lowest BCUT2D eigenvalue weighted by atomic mass is 10.1. The molecular weight excluding hydrogens is 961 g/mol. The third kappa shape index (κ3) is 20.8. The van der Waals surface area contributed by atoms with E-state index in [-0.39, 0.29) is 77.1 Å². The first-order valence-electron chi connectivity index (χ1n) is 24.2. The fourth-order valence-electron chi connectivity index (χ4n) is 6.61. The number of carbonyl (C=O) groups excluding carboxylic acids is 6. The molecule has 396 valence electrons. The van der Waals surface area contributed by atoms with E-state index >= 15 is 0 Å². The maximum Gasteiger partial charge on any atom is 0.407 e. The normalized spacial score (nSPS) is 13.0. The number of unbranched alkanes of at least 4 members (excludes halogenated alkanes) is 2. The maximum atomic E-state index is 14.1. The predicted molar refractivity (Wildman–Crippen MR) is 266 cm³/mol. The average Bonchev–Trinajstić information content (AvgIpc) is 4.11. The average molecular weight is 1030 g/mol. The third-order valence-corrected chi connectivity index (χ3v) is 10.3. The molecule has 1 aliphatic rings. The highest BCUT2D eigenvalue weighted by atomic mass is 16.6. The number of amides is 6. The van der Waals surface area contributed by atoms with Gasteiger partial charge in [0.05, 0.1) is 37.8 Å². The number of amidine groups is 1. The van der Waals surface area contributed by atoms with E-state index in [0.29, 0.717) is 37.1 Å². The summed E-state index contributed by atoms with van der Waals surface area (Å²) in [5.74, 6) is -4.36. The van der Waals surface area contributed by atoms with Gasteiger partial charge in [-0.1, -0.05) is 53.8 Å². The Bertz CT molecular complexity index is 2540. The quantitative estimate of drug-likeness (QED) is 0.0127. The number of aromatic nitrogens is 8. The molecule has 2 aromatic heterocycles. The molecule has 0 spiro atoms. The summed E-state index contributed by atoms with van der Waals surface area (Å²) in [7, 11) is 0. The fourth-order valence-corrected chi connectivity index (χ4v) is 6.61. The van der Waals surface area contributed by atoms with Crippen LogP contribution in [0.2, 0.25) is 0 Å². The Morgan fingerprint density at radius 1 is 0.676 bits per heavy atom. The number of tetrazole rings is 2. The highest BCUT2D eigenvalue weighted by Gasteiger charge is 2.28. The molecule has 5 rings (SSSR count). The predicted octanol–water partition coefficient (Wildman–Crippen LogP) is 1.95. The molecule has 27 nitrogen and oxygen atoms in total. The number of nitrogens with zero attached hydrogens (tertiary/aromatic N) is 10. The first-order chi connectivity index (χ1) is 35.8. The number of ether oxygens (including phenoxy) is 3. The van der Waals surface area contributed by atoms with Crippen LogP contribution in [0.1, 0.15) is 93.4 Å². The summed E-state index contributed by atoms with van der Waals surface area (Å²) >= 11 is 0. The van der Waals surface area contributed by atoms with Crippen molar-refractivity contribution in [1.29, 1.82) is 5.41 Å². The molecule has 0 unspecified atom stereocenters. The number of benzene rings is 2. The Kier molecular flexibility index (Phi) is 23.3. The number of hydrogen-bond acceptors (Lipinski definition) is 17. The molecule has 6 amide bonds. The zero-order chi connectivity index (χ0) is 53.0. The van der Waals surface area contributed by atoms with Gasteiger partial charge in [-0.05, 0) is 113 Å². The van der Waals surface area contributed by atoms with Crippen molar-refractivity contribution in [3.63, 3.8) is 0 Å². The largest absolute Gasteiger partial charge is 0.444 e. The summed E-state index contributed by atoms with van der Waals surface area (Å²) in [5, 5.41) is 55.5. The van der Waals surface area contributed by atoms with E-state index in [4.69, 9.17) is 19.6 Å². The Morgan fingerprint density at radius 2 is 1.24 bits per heavy atom. The number of alkyl carbamates (subject to hydrolysis) is 1. The van der Waals surface area contributed by atoms with Gasteiger partial charge in [0.25, 0.3) is 29.4 Å². The summed E-state index contributed by atoms with van der Waals surface area (Å²) < 4.78 is 16.3. The number of para-hydroxylation sites is 2. The van der Waals surface area contributed by atoms with Gasteiger partial charge in [-0.2, -0.15) is 0 Å². The molecular formula is C47H64N18O9. The second kappa shape index (κ2) is 30.5. The lowest BCUT2D eigenvalue weighted by Gasteiger charge is -2.23. The highest BCUT2D eigenvalue weighted by molar-refractivity contribution is 6.36. The number of hydrogen-bond donors (Lipinski definition) is 8. The number of nitrogens with one attached hydrogen (secondary N) is 8. The minimum atomic E-state index is -1.20. The molecule has 0 radical (unpaired) electrons. The molecule has 8 N–H and O–H groups in total. The van der Waals surface area contributed by atoms with Crippen molar-refractivity contribution < 1.29 is 43.0 Å². The molecule has 2 aromatic carbocycles. The summed E-state index contributed by atoms with van der Waals surface area (Å²) in [5.41, 5.74) is 4.07. The highest BCUT2D eigenvalue weighted by Crippen LogP contribution is 2.11. The minimum absolute atomic E-state index is 0.0729. The van der Waals surface area contributed by atoms with Gasteiger partial charge in [0.2, 0.25) is 17.6 Å². The van der Waals surface area contributed by atoms with Gasteiger partial charge in [-0.3, -0.25) is 34.8 Å². The van der Waals surface area contributed by atoms with E-state index in [1.165, 1.54) is 9.59 Å². The SMILES string of the molecule is CC(C)(C)OC(=O)NCCOCCOCCNC(=O)[C@H](CCCCNC(=O)C(=N)/N=N\NC1=CC=CCC1)NC(=O)[C@H](CCCCNC(=O)c1nnn(-c2ccccc2)n1)NC(=O)c1nnn(-c2ccccc2)n1. The Hall–Kier alpha value is -8.33. The van der Waals surface area contributed by atoms with E-state index < -0.39 is 59.1 Å². The van der Waals surface area contributed by atoms with Crippen molar-refractivity contribution >= 4 is 41.5 Å². The summed E-state index contributed by atoms with van der Waals surface area (Å²) in [4.78, 5) is 81.0. The summed E-state index contributed by atoms with van der Waals surface area (Å²) in [6.07, 6.45) is 8.29. The van der Waals surface area contributed by atoms with Gasteiger partial charge in [-0.15, -0.1) is 35.1 Å². The van der Waals surface area contributed by atoms with Crippen molar-refractivity contribution in [3.8, 4) is 11.4 Å². The Morgan fingerprint density at radius 3 is 1.82 bits per heavy atom. The first kappa shape index (κ1) is 56.6.